The fourth-order valence-electron chi connectivity index (χ4n) is 3.45. The van der Waals surface area contributed by atoms with Crippen molar-refractivity contribution in [2.75, 3.05) is 0 Å². The summed E-state index contributed by atoms with van der Waals surface area (Å²) in [4.78, 5) is 25.6. The molecule has 0 saturated heterocycles. The second-order valence-electron chi connectivity index (χ2n) is 6.86. The van der Waals surface area contributed by atoms with Gasteiger partial charge in [0.1, 0.15) is 5.84 Å². The number of aliphatic imine (C=N–C) groups is 1. The minimum Gasteiger partial charge on any atom is -0.406 e. The van der Waals surface area contributed by atoms with Crippen molar-refractivity contribution >= 4 is 17.3 Å². The SMILES string of the molecule is CCCn1c(Oc2ccc(C)cn2)nc(=O)c2c1N=C(C1CCCC1)[N]2. The Labute approximate surface area is 152 Å². The van der Waals surface area contributed by atoms with Gasteiger partial charge in [-0.3, -0.25) is 9.36 Å². The average Bonchev–Trinajstić information content (AvgIpc) is 3.30. The van der Waals surface area contributed by atoms with E-state index in [1.54, 1.807) is 12.3 Å². The van der Waals surface area contributed by atoms with Gasteiger partial charge in [-0.2, -0.15) is 4.98 Å². The molecule has 7 nitrogen and oxygen atoms in total. The Kier molecular flexibility index (Phi) is 4.44. The monoisotopic (exact) mass is 352 g/mol. The number of hydrogen-bond acceptors (Lipinski definition) is 5. The normalized spacial score (nSPS) is 16.3. The van der Waals surface area contributed by atoms with Crippen LogP contribution in [0.2, 0.25) is 0 Å². The molecule has 0 N–H and O–H groups in total. The summed E-state index contributed by atoms with van der Waals surface area (Å²) in [6, 6.07) is 3.89. The molecule has 1 aliphatic carbocycles. The van der Waals surface area contributed by atoms with Crippen LogP contribution in [-0.2, 0) is 6.54 Å². The summed E-state index contributed by atoms with van der Waals surface area (Å²) in [6.45, 7) is 4.66. The zero-order chi connectivity index (χ0) is 18.1. The molecule has 135 valence electrons. The van der Waals surface area contributed by atoms with E-state index < -0.39 is 5.56 Å². The smallest absolute Gasteiger partial charge is 0.308 e. The van der Waals surface area contributed by atoms with Gasteiger partial charge in [-0.25, -0.2) is 15.3 Å². The first-order valence-electron chi connectivity index (χ1n) is 9.21. The van der Waals surface area contributed by atoms with Crippen molar-refractivity contribution in [2.45, 2.75) is 52.5 Å². The highest BCUT2D eigenvalue weighted by Crippen LogP contribution is 2.36. The van der Waals surface area contributed by atoms with Crippen LogP contribution >= 0.6 is 0 Å². The Bertz CT molecular complexity index is 895. The molecule has 4 rings (SSSR count). The van der Waals surface area contributed by atoms with E-state index in [2.05, 4.69) is 22.2 Å². The number of nitrogens with zero attached hydrogens (tertiary/aromatic N) is 5. The molecule has 0 bridgehead atoms. The van der Waals surface area contributed by atoms with E-state index in [-0.39, 0.29) is 6.01 Å². The highest BCUT2D eigenvalue weighted by Gasteiger charge is 2.31. The molecule has 0 aromatic carbocycles. The van der Waals surface area contributed by atoms with Gasteiger partial charge >= 0.3 is 11.6 Å². The highest BCUT2D eigenvalue weighted by atomic mass is 16.5. The molecule has 7 heteroatoms. The summed E-state index contributed by atoms with van der Waals surface area (Å²) in [6.07, 6.45) is 7.14. The standard InChI is InChI=1S/C19H22N5O2/c1-3-10-24-17-15(21-16(22-17)13-6-4-5-7-13)18(25)23-19(24)26-14-9-8-12(2)11-20-14/h8-9,11,13H,3-7,10H2,1-2H3. The van der Waals surface area contributed by atoms with Gasteiger partial charge in [-0.15, -0.1) is 0 Å². The van der Waals surface area contributed by atoms with E-state index in [9.17, 15) is 4.79 Å². The minimum absolute atomic E-state index is 0.221. The maximum Gasteiger partial charge on any atom is 0.308 e. The molecule has 0 atom stereocenters. The van der Waals surface area contributed by atoms with Gasteiger partial charge in [0.2, 0.25) is 5.88 Å². The topological polar surface area (TPSA) is 83.5 Å². The van der Waals surface area contributed by atoms with Crippen LogP contribution in [0.15, 0.2) is 28.1 Å². The zero-order valence-corrected chi connectivity index (χ0v) is 15.1. The first-order chi connectivity index (χ1) is 12.7. The van der Waals surface area contributed by atoms with Gasteiger partial charge in [0.05, 0.1) is 0 Å². The quantitative estimate of drug-likeness (QED) is 0.823. The van der Waals surface area contributed by atoms with Crippen LogP contribution in [0.5, 0.6) is 11.9 Å². The molecular weight excluding hydrogens is 330 g/mol. The number of ether oxygens (including phenoxy) is 1. The van der Waals surface area contributed by atoms with Crippen LogP contribution in [-0.4, -0.2) is 20.4 Å². The second-order valence-corrected chi connectivity index (χ2v) is 6.86. The van der Waals surface area contributed by atoms with Crippen LogP contribution in [0.4, 0.5) is 11.5 Å². The van der Waals surface area contributed by atoms with Gasteiger partial charge < -0.3 is 4.74 Å². The van der Waals surface area contributed by atoms with Crippen molar-refractivity contribution in [1.29, 1.82) is 0 Å². The minimum atomic E-state index is -0.397. The Morgan fingerprint density at radius 1 is 1.27 bits per heavy atom. The summed E-state index contributed by atoms with van der Waals surface area (Å²) >= 11 is 0. The molecule has 2 aromatic heterocycles. The average molecular weight is 352 g/mol. The lowest BCUT2D eigenvalue weighted by molar-refractivity contribution is 0.387. The molecule has 1 aliphatic heterocycles. The van der Waals surface area contributed by atoms with E-state index >= 15 is 0 Å². The zero-order valence-electron chi connectivity index (χ0n) is 15.1. The Morgan fingerprint density at radius 3 is 2.77 bits per heavy atom. The fraction of sp³-hybridized carbons (Fsp3) is 0.474. The first kappa shape index (κ1) is 16.8. The number of fused-ring (bicyclic) bond motifs is 1. The summed E-state index contributed by atoms with van der Waals surface area (Å²) in [5, 5.41) is 4.52. The molecule has 0 spiro atoms. The molecule has 2 aliphatic rings. The molecular formula is C19H22N5O2. The lowest BCUT2D eigenvalue weighted by Crippen LogP contribution is -2.21. The Morgan fingerprint density at radius 2 is 2.08 bits per heavy atom. The van der Waals surface area contributed by atoms with Gasteiger partial charge in [0.15, 0.2) is 11.5 Å². The van der Waals surface area contributed by atoms with E-state index in [0.29, 0.717) is 29.8 Å². The van der Waals surface area contributed by atoms with Gasteiger partial charge in [0, 0.05) is 24.7 Å². The highest BCUT2D eigenvalue weighted by molar-refractivity contribution is 5.96. The number of pyridine rings is 1. The first-order valence-corrected chi connectivity index (χ1v) is 9.21. The molecule has 1 saturated carbocycles. The third kappa shape index (κ3) is 3.09. The molecule has 1 radical (unpaired) electrons. The number of hydrogen-bond donors (Lipinski definition) is 0. The number of aryl methyl sites for hydroxylation is 1. The van der Waals surface area contributed by atoms with Crippen molar-refractivity contribution in [2.24, 2.45) is 10.9 Å². The molecule has 3 heterocycles. The van der Waals surface area contributed by atoms with Crippen molar-refractivity contribution in [3.05, 3.63) is 34.2 Å². The van der Waals surface area contributed by atoms with Gasteiger partial charge in [0.25, 0.3) is 0 Å². The predicted molar refractivity (Wildman–Crippen MR) is 98.7 cm³/mol. The van der Waals surface area contributed by atoms with Crippen LogP contribution < -0.4 is 15.6 Å². The number of amidine groups is 1. The van der Waals surface area contributed by atoms with Crippen LogP contribution in [0.25, 0.3) is 0 Å². The summed E-state index contributed by atoms with van der Waals surface area (Å²) in [5.41, 5.74) is 0.977. The van der Waals surface area contributed by atoms with Crippen LogP contribution in [0.3, 0.4) is 0 Å². The fourth-order valence-corrected chi connectivity index (χ4v) is 3.45. The molecule has 2 aromatic rings. The van der Waals surface area contributed by atoms with Crippen molar-refractivity contribution in [3.8, 4) is 11.9 Å². The predicted octanol–water partition coefficient (Wildman–Crippen LogP) is 3.62. The summed E-state index contributed by atoms with van der Waals surface area (Å²) in [7, 11) is 0. The Balaban J connectivity index is 1.73. The summed E-state index contributed by atoms with van der Waals surface area (Å²) in [5.74, 6) is 2.09. The second kappa shape index (κ2) is 6.90. The maximum atomic E-state index is 12.5. The molecule has 0 unspecified atom stereocenters. The largest absolute Gasteiger partial charge is 0.406 e. The van der Waals surface area contributed by atoms with E-state index in [0.717, 1.165) is 30.7 Å². The van der Waals surface area contributed by atoms with Gasteiger partial charge in [-0.05, 0) is 31.7 Å². The lowest BCUT2D eigenvalue weighted by atomic mass is 10.1. The number of aromatic nitrogens is 3. The Hall–Kier alpha value is -2.70. The summed E-state index contributed by atoms with van der Waals surface area (Å²) < 4.78 is 7.65. The van der Waals surface area contributed by atoms with E-state index in [1.165, 1.54) is 12.8 Å². The number of rotatable bonds is 5. The third-order valence-corrected chi connectivity index (χ3v) is 4.79. The van der Waals surface area contributed by atoms with E-state index in [1.807, 2.05) is 17.6 Å². The van der Waals surface area contributed by atoms with Crippen molar-refractivity contribution in [3.63, 3.8) is 0 Å². The third-order valence-electron chi connectivity index (χ3n) is 4.79. The molecule has 26 heavy (non-hydrogen) atoms. The van der Waals surface area contributed by atoms with Crippen molar-refractivity contribution in [1.82, 2.24) is 19.9 Å². The van der Waals surface area contributed by atoms with Crippen LogP contribution in [0, 0.1) is 12.8 Å². The van der Waals surface area contributed by atoms with Crippen LogP contribution in [0.1, 0.15) is 44.6 Å². The molecule has 0 amide bonds. The van der Waals surface area contributed by atoms with E-state index in [4.69, 9.17) is 9.73 Å². The lowest BCUT2D eigenvalue weighted by Gasteiger charge is -2.13. The van der Waals surface area contributed by atoms with Crippen molar-refractivity contribution < 1.29 is 4.74 Å². The molecule has 1 fully saturated rings. The maximum absolute atomic E-state index is 12.5. The van der Waals surface area contributed by atoms with Gasteiger partial charge in [-0.1, -0.05) is 25.8 Å².